The zero-order chi connectivity index (χ0) is 21.6. The molecule has 158 valence electrons. The molecule has 7 nitrogen and oxygen atoms in total. The normalized spacial score (nSPS) is 11.6. The first kappa shape index (κ1) is 21.7. The lowest BCUT2D eigenvalue weighted by Gasteiger charge is -2.10. The van der Waals surface area contributed by atoms with Crippen molar-refractivity contribution in [2.24, 2.45) is 0 Å². The minimum atomic E-state index is -3.35. The van der Waals surface area contributed by atoms with E-state index in [1.165, 1.54) is 0 Å². The van der Waals surface area contributed by atoms with Gasteiger partial charge in [-0.05, 0) is 48.7 Å². The molecule has 30 heavy (non-hydrogen) atoms. The Morgan fingerprint density at radius 1 is 1.00 bits per heavy atom. The highest BCUT2D eigenvalue weighted by Crippen LogP contribution is 2.10. The van der Waals surface area contributed by atoms with Gasteiger partial charge < -0.3 is 5.32 Å². The van der Waals surface area contributed by atoms with E-state index in [2.05, 4.69) is 15.1 Å². The van der Waals surface area contributed by atoms with Gasteiger partial charge in [0, 0.05) is 30.5 Å². The number of benzene rings is 2. The Morgan fingerprint density at radius 2 is 1.63 bits per heavy atom. The second-order valence-electron chi connectivity index (χ2n) is 7.43. The summed E-state index contributed by atoms with van der Waals surface area (Å²) >= 11 is 0. The summed E-state index contributed by atoms with van der Waals surface area (Å²) in [6, 6.07) is 16.3. The van der Waals surface area contributed by atoms with Crippen molar-refractivity contribution < 1.29 is 13.2 Å². The number of rotatable bonds is 9. The summed E-state index contributed by atoms with van der Waals surface area (Å²) in [5, 5.41) is 7.06. The average molecular weight is 427 g/mol. The smallest absolute Gasteiger partial charge is 0.251 e. The Labute approximate surface area is 177 Å². The Balaban J connectivity index is 1.52. The van der Waals surface area contributed by atoms with Gasteiger partial charge in [-0.3, -0.25) is 9.48 Å². The number of nitrogens with zero attached hydrogens (tertiary/aromatic N) is 2. The molecular weight excluding hydrogens is 400 g/mol. The molecule has 8 heteroatoms. The van der Waals surface area contributed by atoms with E-state index in [1.54, 1.807) is 44.3 Å². The standard InChI is InChI=1S/C22H26N4O3S/c1-17(2)25-30(28,29)16-20-6-4-18(5-7-20)14-23-22(27)21-10-8-19(9-11-21)15-26-13-3-12-24-26/h3-13,17,25H,14-16H2,1-2H3,(H,23,27). The number of nitrogens with one attached hydrogen (secondary N) is 2. The van der Waals surface area contributed by atoms with Crippen molar-refractivity contribution in [3.63, 3.8) is 0 Å². The van der Waals surface area contributed by atoms with Crippen LogP contribution in [0.1, 0.15) is 40.9 Å². The Kier molecular flexibility index (Phi) is 7.02. The highest BCUT2D eigenvalue weighted by atomic mass is 32.2. The number of carbonyl (C=O) groups excluding carboxylic acids is 1. The van der Waals surface area contributed by atoms with Gasteiger partial charge in [0.25, 0.3) is 5.91 Å². The molecule has 2 aromatic carbocycles. The molecule has 0 saturated heterocycles. The third-order valence-corrected chi connectivity index (χ3v) is 5.91. The highest BCUT2D eigenvalue weighted by Gasteiger charge is 2.13. The molecule has 0 unspecified atom stereocenters. The molecule has 3 aromatic rings. The van der Waals surface area contributed by atoms with E-state index in [1.807, 2.05) is 41.2 Å². The molecule has 0 spiro atoms. The van der Waals surface area contributed by atoms with Crippen LogP contribution in [0.5, 0.6) is 0 Å². The summed E-state index contributed by atoms with van der Waals surface area (Å²) in [7, 11) is -3.35. The largest absolute Gasteiger partial charge is 0.348 e. The first-order valence-electron chi connectivity index (χ1n) is 9.73. The molecule has 0 fully saturated rings. The molecule has 3 rings (SSSR count). The van der Waals surface area contributed by atoms with Crippen LogP contribution in [0.15, 0.2) is 67.0 Å². The van der Waals surface area contributed by atoms with E-state index < -0.39 is 10.0 Å². The first-order valence-corrected chi connectivity index (χ1v) is 11.4. The van der Waals surface area contributed by atoms with Crippen LogP contribution < -0.4 is 10.0 Å². The molecule has 0 aliphatic carbocycles. The molecule has 1 heterocycles. The second-order valence-corrected chi connectivity index (χ2v) is 9.19. The maximum atomic E-state index is 12.4. The number of carbonyl (C=O) groups is 1. The maximum absolute atomic E-state index is 12.4. The summed E-state index contributed by atoms with van der Waals surface area (Å²) in [6.07, 6.45) is 3.62. The van der Waals surface area contributed by atoms with Crippen LogP contribution in [-0.4, -0.2) is 30.1 Å². The summed E-state index contributed by atoms with van der Waals surface area (Å²) in [6.45, 7) is 4.60. The number of hydrogen-bond donors (Lipinski definition) is 2. The first-order chi connectivity index (χ1) is 14.3. The summed E-state index contributed by atoms with van der Waals surface area (Å²) in [4.78, 5) is 12.4. The molecular formula is C22H26N4O3S. The molecule has 0 saturated carbocycles. The van der Waals surface area contributed by atoms with Crippen LogP contribution >= 0.6 is 0 Å². The molecule has 0 bridgehead atoms. The van der Waals surface area contributed by atoms with Crippen LogP contribution in [-0.2, 0) is 28.9 Å². The van der Waals surface area contributed by atoms with Gasteiger partial charge in [0.1, 0.15) is 0 Å². The van der Waals surface area contributed by atoms with E-state index in [-0.39, 0.29) is 17.7 Å². The second kappa shape index (κ2) is 9.69. The monoisotopic (exact) mass is 426 g/mol. The van der Waals surface area contributed by atoms with Crippen LogP contribution in [0.25, 0.3) is 0 Å². The summed E-state index contributed by atoms with van der Waals surface area (Å²) in [5.41, 5.74) is 3.25. The number of amides is 1. The van der Waals surface area contributed by atoms with Crippen molar-refractivity contribution in [3.05, 3.63) is 89.2 Å². The van der Waals surface area contributed by atoms with Crippen molar-refractivity contribution in [3.8, 4) is 0 Å². The molecule has 1 amide bonds. The van der Waals surface area contributed by atoms with Crippen molar-refractivity contribution in [1.82, 2.24) is 19.8 Å². The SMILES string of the molecule is CC(C)NS(=O)(=O)Cc1ccc(CNC(=O)c2ccc(Cn3cccn3)cc2)cc1. The van der Waals surface area contributed by atoms with Crippen molar-refractivity contribution in [2.45, 2.75) is 38.7 Å². The lowest BCUT2D eigenvalue weighted by molar-refractivity contribution is 0.0951. The highest BCUT2D eigenvalue weighted by molar-refractivity contribution is 7.88. The van der Waals surface area contributed by atoms with Crippen molar-refractivity contribution in [1.29, 1.82) is 0 Å². The fraction of sp³-hybridized carbons (Fsp3) is 0.273. The van der Waals surface area contributed by atoms with E-state index in [9.17, 15) is 13.2 Å². The predicted octanol–water partition coefficient (Wildman–Crippen LogP) is 2.69. The Morgan fingerprint density at radius 3 is 2.23 bits per heavy atom. The van der Waals surface area contributed by atoms with E-state index in [4.69, 9.17) is 0 Å². The zero-order valence-electron chi connectivity index (χ0n) is 17.1. The molecule has 0 atom stereocenters. The zero-order valence-corrected chi connectivity index (χ0v) is 17.9. The van der Waals surface area contributed by atoms with Gasteiger partial charge in [0.2, 0.25) is 10.0 Å². The lowest BCUT2D eigenvalue weighted by atomic mass is 10.1. The third kappa shape index (κ3) is 6.53. The lowest BCUT2D eigenvalue weighted by Crippen LogP contribution is -2.31. The van der Waals surface area contributed by atoms with E-state index >= 15 is 0 Å². The van der Waals surface area contributed by atoms with E-state index in [0.717, 1.165) is 11.1 Å². The predicted molar refractivity (Wildman–Crippen MR) is 116 cm³/mol. The van der Waals surface area contributed by atoms with Gasteiger partial charge in [-0.15, -0.1) is 0 Å². The van der Waals surface area contributed by atoms with Crippen LogP contribution in [0.3, 0.4) is 0 Å². The van der Waals surface area contributed by atoms with Gasteiger partial charge in [0.15, 0.2) is 0 Å². The molecule has 0 radical (unpaired) electrons. The van der Waals surface area contributed by atoms with Gasteiger partial charge in [0.05, 0.1) is 12.3 Å². The fourth-order valence-corrected chi connectivity index (χ4v) is 4.43. The molecule has 0 aliphatic heterocycles. The topological polar surface area (TPSA) is 93.1 Å². The van der Waals surface area contributed by atoms with Gasteiger partial charge >= 0.3 is 0 Å². The van der Waals surface area contributed by atoms with Crippen LogP contribution in [0.2, 0.25) is 0 Å². The number of sulfonamides is 1. The Hall–Kier alpha value is -2.97. The minimum Gasteiger partial charge on any atom is -0.348 e. The van der Waals surface area contributed by atoms with E-state index in [0.29, 0.717) is 24.2 Å². The average Bonchev–Trinajstić information content (AvgIpc) is 3.19. The quantitative estimate of drug-likeness (QED) is 0.550. The number of aromatic nitrogens is 2. The Bertz CT molecular complexity index is 1060. The van der Waals surface area contributed by atoms with Crippen LogP contribution in [0.4, 0.5) is 0 Å². The third-order valence-electron chi connectivity index (χ3n) is 4.37. The maximum Gasteiger partial charge on any atom is 0.251 e. The fourth-order valence-electron chi connectivity index (χ4n) is 3.00. The number of hydrogen-bond acceptors (Lipinski definition) is 4. The van der Waals surface area contributed by atoms with Gasteiger partial charge in [-0.2, -0.15) is 5.10 Å². The van der Waals surface area contributed by atoms with Crippen molar-refractivity contribution >= 4 is 15.9 Å². The van der Waals surface area contributed by atoms with Crippen LogP contribution in [0, 0.1) is 0 Å². The molecule has 0 aliphatic rings. The summed E-state index contributed by atoms with van der Waals surface area (Å²) < 4.78 is 28.4. The molecule has 2 N–H and O–H groups in total. The summed E-state index contributed by atoms with van der Waals surface area (Å²) in [5.74, 6) is -0.226. The van der Waals surface area contributed by atoms with Gasteiger partial charge in [-0.1, -0.05) is 36.4 Å². The van der Waals surface area contributed by atoms with Crippen molar-refractivity contribution in [2.75, 3.05) is 0 Å². The molecule has 1 aromatic heterocycles. The minimum absolute atomic E-state index is 0.0668. The van der Waals surface area contributed by atoms with Gasteiger partial charge in [-0.25, -0.2) is 13.1 Å².